The fourth-order valence-electron chi connectivity index (χ4n) is 3.59. The van der Waals surface area contributed by atoms with E-state index in [1.165, 1.54) is 24.0 Å². The first-order chi connectivity index (χ1) is 10.4. The molecule has 2 aromatic rings. The summed E-state index contributed by atoms with van der Waals surface area (Å²) < 4.78 is 6.24. The number of ether oxygens (including phenoxy) is 1. The van der Waals surface area contributed by atoms with Crippen LogP contribution in [0.3, 0.4) is 0 Å². The molecule has 0 unspecified atom stereocenters. The Balaban J connectivity index is 1.51. The lowest BCUT2D eigenvalue weighted by atomic mass is 10.0. The highest BCUT2D eigenvalue weighted by Gasteiger charge is 2.34. The molecule has 1 aromatic carbocycles. The molecule has 2 aliphatic heterocycles. The molecule has 2 saturated heterocycles. The average molecular weight is 280 g/mol. The Kier molecular flexibility index (Phi) is 3.36. The Hall–Kier alpha value is -1.87. The summed E-state index contributed by atoms with van der Waals surface area (Å²) in [7, 11) is 0. The molecule has 0 radical (unpaired) electrons. The summed E-state index contributed by atoms with van der Waals surface area (Å²) in [5.41, 5.74) is 2.37. The zero-order valence-corrected chi connectivity index (χ0v) is 12.0. The third-order valence-electron chi connectivity index (χ3n) is 4.58. The molecule has 3 heterocycles. The van der Waals surface area contributed by atoms with E-state index in [2.05, 4.69) is 34.6 Å². The SMILES string of the molecule is c1cc(O[C@@H]2C[C@H]3CC[C@@H](C2)N3)cc(-c2ccncc2)c1. The molecule has 0 saturated carbocycles. The van der Waals surface area contributed by atoms with Crippen molar-refractivity contribution in [2.45, 2.75) is 43.9 Å². The first-order valence-electron chi connectivity index (χ1n) is 7.80. The van der Waals surface area contributed by atoms with Crippen molar-refractivity contribution in [2.75, 3.05) is 0 Å². The molecule has 4 rings (SSSR count). The van der Waals surface area contributed by atoms with Gasteiger partial charge in [-0.05, 0) is 61.1 Å². The van der Waals surface area contributed by atoms with E-state index in [4.69, 9.17) is 4.74 Å². The molecule has 0 amide bonds. The molecule has 3 atom stereocenters. The molecular formula is C18H20N2O. The minimum Gasteiger partial charge on any atom is -0.490 e. The first kappa shape index (κ1) is 12.8. The van der Waals surface area contributed by atoms with Crippen LogP contribution in [0.1, 0.15) is 25.7 Å². The van der Waals surface area contributed by atoms with Crippen molar-refractivity contribution in [2.24, 2.45) is 0 Å². The van der Waals surface area contributed by atoms with E-state index < -0.39 is 0 Å². The van der Waals surface area contributed by atoms with Gasteiger partial charge in [-0.3, -0.25) is 4.98 Å². The number of piperidine rings is 1. The fraction of sp³-hybridized carbons (Fsp3) is 0.389. The highest BCUT2D eigenvalue weighted by atomic mass is 16.5. The van der Waals surface area contributed by atoms with E-state index in [-0.39, 0.29) is 0 Å². The summed E-state index contributed by atoms with van der Waals surface area (Å²) in [6.45, 7) is 0. The van der Waals surface area contributed by atoms with Gasteiger partial charge in [-0.15, -0.1) is 0 Å². The minimum atomic E-state index is 0.358. The number of aromatic nitrogens is 1. The van der Waals surface area contributed by atoms with Crippen LogP contribution in [0.2, 0.25) is 0 Å². The van der Waals surface area contributed by atoms with Crippen molar-refractivity contribution in [1.29, 1.82) is 0 Å². The molecule has 0 spiro atoms. The Morgan fingerprint density at radius 2 is 1.71 bits per heavy atom. The number of nitrogens with zero attached hydrogens (tertiary/aromatic N) is 1. The second-order valence-corrected chi connectivity index (χ2v) is 6.11. The van der Waals surface area contributed by atoms with E-state index >= 15 is 0 Å². The van der Waals surface area contributed by atoms with Gasteiger partial charge < -0.3 is 10.1 Å². The van der Waals surface area contributed by atoms with Crippen LogP contribution in [0.5, 0.6) is 5.75 Å². The van der Waals surface area contributed by atoms with Gasteiger partial charge in [0, 0.05) is 24.5 Å². The van der Waals surface area contributed by atoms with Gasteiger partial charge in [-0.1, -0.05) is 12.1 Å². The van der Waals surface area contributed by atoms with Crippen molar-refractivity contribution < 1.29 is 4.74 Å². The summed E-state index contributed by atoms with van der Waals surface area (Å²) >= 11 is 0. The monoisotopic (exact) mass is 280 g/mol. The highest BCUT2D eigenvalue weighted by Crippen LogP contribution is 2.31. The van der Waals surface area contributed by atoms with Crippen LogP contribution in [-0.2, 0) is 0 Å². The van der Waals surface area contributed by atoms with Gasteiger partial charge in [-0.25, -0.2) is 0 Å². The Morgan fingerprint density at radius 3 is 2.48 bits per heavy atom. The van der Waals surface area contributed by atoms with E-state index in [0.29, 0.717) is 18.2 Å². The predicted octanol–water partition coefficient (Wildman–Crippen LogP) is 3.41. The zero-order valence-electron chi connectivity index (χ0n) is 12.0. The molecule has 108 valence electrons. The number of rotatable bonds is 3. The smallest absolute Gasteiger partial charge is 0.120 e. The van der Waals surface area contributed by atoms with Gasteiger partial charge in [-0.2, -0.15) is 0 Å². The second kappa shape index (κ2) is 5.49. The number of hydrogen-bond acceptors (Lipinski definition) is 3. The van der Waals surface area contributed by atoms with Crippen LogP contribution in [-0.4, -0.2) is 23.2 Å². The topological polar surface area (TPSA) is 34.1 Å². The molecular weight excluding hydrogens is 260 g/mol. The van der Waals surface area contributed by atoms with Crippen molar-refractivity contribution in [1.82, 2.24) is 10.3 Å². The van der Waals surface area contributed by atoms with Crippen LogP contribution in [0, 0.1) is 0 Å². The van der Waals surface area contributed by atoms with E-state index in [0.717, 1.165) is 18.6 Å². The molecule has 21 heavy (non-hydrogen) atoms. The van der Waals surface area contributed by atoms with Crippen molar-refractivity contribution >= 4 is 0 Å². The first-order valence-corrected chi connectivity index (χ1v) is 7.80. The summed E-state index contributed by atoms with van der Waals surface area (Å²) in [5.74, 6) is 0.982. The maximum absolute atomic E-state index is 6.24. The predicted molar refractivity (Wildman–Crippen MR) is 83.3 cm³/mol. The van der Waals surface area contributed by atoms with Gasteiger partial charge in [0.1, 0.15) is 11.9 Å². The van der Waals surface area contributed by atoms with Gasteiger partial charge in [0.2, 0.25) is 0 Å². The third-order valence-corrected chi connectivity index (χ3v) is 4.58. The maximum Gasteiger partial charge on any atom is 0.120 e. The van der Waals surface area contributed by atoms with E-state index in [1.54, 1.807) is 0 Å². The summed E-state index contributed by atoms with van der Waals surface area (Å²) in [6, 6.07) is 13.8. The van der Waals surface area contributed by atoms with Gasteiger partial charge in [0.15, 0.2) is 0 Å². The number of pyridine rings is 1. The average Bonchev–Trinajstić information content (AvgIpc) is 2.87. The maximum atomic E-state index is 6.24. The van der Waals surface area contributed by atoms with Crippen molar-refractivity contribution in [3.8, 4) is 16.9 Å². The largest absolute Gasteiger partial charge is 0.490 e. The lowest BCUT2D eigenvalue weighted by molar-refractivity contribution is 0.137. The molecule has 2 bridgehead atoms. The quantitative estimate of drug-likeness (QED) is 0.935. The van der Waals surface area contributed by atoms with Gasteiger partial charge in [0.25, 0.3) is 0 Å². The summed E-state index contributed by atoms with van der Waals surface area (Å²) in [5, 5.41) is 3.66. The number of fused-ring (bicyclic) bond motifs is 2. The van der Waals surface area contributed by atoms with Crippen molar-refractivity contribution in [3.05, 3.63) is 48.8 Å². The molecule has 1 N–H and O–H groups in total. The molecule has 0 aliphatic carbocycles. The van der Waals surface area contributed by atoms with Crippen LogP contribution in [0.25, 0.3) is 11.1 Å². The van der Waals surface area contributed by atoms with Gasteiger partial charge in [0.05, 0.1) is 0 Å². The highest BCUT2D eigenvalue weighted by molar-refractivity contribution is 5.64. The number of nitrogens with one attached hydrogen (secondary N) is 1. The standard InChI is InChI=1S/C18H20N2O/c1-2-14(13-6-8-19-9-7-13)10-17(3-1)21-18-11-15-4-5-16(12-18)20-15/h1-3,6-10,15-16,18,20H,4-5,11-12H2/t15-,16+,18-. The van der Waals surface area contributed by atoms with Gasteiger partial charge >= 0.3 is 0 Å². The third kappa shape index (κ3) is 2.79. The normalized spacial score (nSPS) is 27.5. The Labute approximate surface area is 125 Å². The number of hydrogen-bond donors (Lipinski definition) is 1. The molecule has 1 aromatic heterocycles. The van der Waals surface area contributed by atoms with E-state index in [9.17, 15) is 0 Å². The molecule has 3 nitrogen and oxygen atoms in total. The number of benzene rings is 1. The lowest BCUT2D eigenvalue weighted by Crippen LogP contribution is -2.42. The lowest BCUT2D eigenvalue weighted by Gasteiger charge is -2.29. The minimum absolute atomic E-state index is 0.358. The fourth-order valence-corrected chi connectivity index (χ4v) is 3.59. The molecule has 2 aliphatic rings. The Bertz CT molecular complexity index is 602. The second-order valence-electron chi connectivity index (χ2n) is 6.11. The van der Waals surface area contributed by atoms with E-state index in [1.807, 2.05) is 24.5 Å². The van der Waals surface area contributed by atoms with Crippen LogP contribution in [0.4, 0.5) is 0 Å². The summed E-state index contributed by atoms with van der Waals surface area (Å²) in [6.07, 6.45) is 8.90. The zero-order chi connectivity index (χ0) is 14.1. The van der Waals surface area contributed by atoms with Crippen molar-refractivity contribution in [3.63, 3.8) is 0 Å². The van der Waals surface area contributed by atoms with Crippen LogP contribution < -0.4 is 10.1 Å². The Morgan fingerprint density at radius 1 is 0.952 bits per heavy atom. The van der Waals surface area contributed by atoms with Crippen LogP contribution >= 0.6 is 0 Å². The molecule has 2 fully saturated rings. The molecule has 3 heteroatoms. The van der Waals surface area contributed by atoms with Crippen LogP contribution in [0.15, 0.2) is 48.8 Å². The summed E-state index contributed by atoms with van der Waals surface area (Å²) in [4.78, 5) is 4.07.